The number of hydrogen-bond donors (Lipinski definition) is 0. The summed E-state index contributed by atoms with van der Waals surface area (Å²) in [6, 6.07) is 10.5. The summed E-state index contributed by atoms with van der Waals surface area (Å²) in [5.74, 6) is 1.07. The first-order valence-corrected chi connectivity index (χ1v) is 11.8. The van der Waals surface area contributed by atoms with Gasteiger partial charge in [-0.2, -0.15) is 0 Å². The van der Waals surface area contributed by atoms with Gasteiger partial charge < -0.3 is 4.43 Å². The van der Waals surface area contributed by atoms with Crippen molar-refractivity contribution in [1.29, 1.82) is 0 Å². The molecular weight excluding hydrogens is 296 g/mol. The van der Waals surface area contributed by atoms with E-state index >= 15 is 0 Å². The highest BCUT2D eigenvalue weighted by atomic mass is 28.4. The van der Waals surface area contributed by atoms with E-state index in [1.807, 2.05) is 0 Å². The Morgan fingerprint density at radius 2 is 1.70 bits per heavy atom. The van der Waals surface area contributed by atoms with Gasteiger partial charge in [0.25, 0.3) is 0 Å². The van der Waals surface area contributed by atoms with Crippen LogP contribution in [0.5, 0.6) is 0 Å². The third-order valence-electron chi connectivity index (χ3n) is 4.54. The lowest BCUT2D eigenvalue weighted by Gasteiger charge is -2.37. The topological polar surface area (TPSA) is 9.23 Å². The molecule has 0 aliphatic rings. The molecule has 23 heavy (non-hydrogen) atoms. The van der Waals surface area contributed by atoms with Crippen LogP contribution in [0.4, 0.5) is 0 Å². The van der Waals surface area contributed by atoms with E-state index in [1.165, 1.54) is 12.0 Å². The van der Waals surface area contributed by atoms with E-state index < -0.39 is 8.32 Å². The summed E-state index contributed by atoms with van der Waals surface area (Å²) in [6.45, 7) is 13.7. The van der Waals surface area contributed by atoms with Crippen LogP contribution in [0.2, 0.25) is 18.1 Å². The minimum Gasteiger partial charge on any atom is -0.543 e. The van der Waals surface area contributed by atoms with E-state index in [1.54, 1.807) is 0 Å². The second kappa shape index (κ2) is 9.12. The van der Waals surface area contributed by atoms with Crippen LogP contribution in [0.15, 0.2) is 48.6 Å². The summed E-state index contributed by atoms with van der Waals surface area (Å²) in [5.41, 5.74) is 1.20. The molecule has 0 fully saturated rings. The number of hydrogen-bond acceptors (Lipinski definition) is 1. The second-order valence-electron chi connectivity index (χ2n) is 7.61. The summed E-state index contributed by atoms with van der Waals surface area (Å²) < 4.78 is 6.60. The van der Waals surface area contributed by atoms with Gasteiger partial charge in [0.1, 0.15) is 5.76 Å². The van der Waals surface area contributed by atoms with Crippen molar-refractivity contribution in [3.63, 3.8) is 0 Å². The Bertz CT molecular complexity index is 506. The zero-order chi connectivity index (χ0) is 17.3. The number of rotatable bonds is 8. The van der Waals surface area contributed by atoms with Crippen LogP contribution in [0.1, 0.15) is 58.9 Å². The van der Waals surface area contributed by atoms with Crippen molar-refractivity contribution < 1.29 is 4.43 Å². The summed E-state index contributed by atoms with van der Waals surface area (Å²) in [5, 5.41) is 0.213. The van der Waals surface area contributed by atoms with Crippen molar-refractivity contribution in [3.8, 4) is 0 Å². The standard InChI is InChI=1S/C21H34OSi/c1-7-8-9-10-11-15-18-20(19-16-13-12-14-17-19)22-23(5,6)21(2,3)4/h8-9,12-14,16-18H,7,10-11,15H2,1-6H3/b9-8-,20-18-. The van der Waals surface area contributed by atoms with Crippen molar-refractivity contribution in [1.82, 2.24) is 0 Å². The molecule has 0 aromatic heterocycles. The lowest BCUT2D eigenvalue weighted by Crippen LogP contribution is -2.40. The summed E-state index contributed by atoms with van der Waals surface area (Å²) >= 11 is 0. The second-order valence-corrected chi connectivity index (χ2v) is 12.3. The SMILES string of the molecule is CC/C=C\CCC/C=C(\O[Si](C)(C)C(C)(C)C)c1ccccc1. The van der Waals surface area contributed by atoms with Crippen LogP contribution in [0, 0.1) is 0 Å². The predicted octanol–water partition coefficient (Wildman–Crippen LogP) is 7.19. The average molecular weight is 331 g/mol. The lowest BCUT2D eigenvalue weighted by molar-refractivity contribution is 0.456. The van der Waals surface area contributed by atoms with Crippen molar-refractivity contribution in [3.05, 3.63) is 54.1 Å². The zero-order valence-corrected chi connectivity index (χ0v) is 16.9. The normalized spacial score (nSPS) is 13.6. The first-order valence-electron chi connectivity index (χ1n) is 8.87. The van der Waals surface area contributed by atoms with E-state index in [9.17, 15) is 0 Å². The third-order valence-corrected chi connectivity index (χ3v) is 8.88. The van der Waals surface area contributed by atoms with Gasteiger partial charge in [-0.05, 0) is 49.9 Å². The number of allylic oxidation sites excluding steroid dienone is 3. The van der Waals surface area contributed by atoms with Gasteiger partial charge in [0, 0.05) is 5.56 Å². The molecule has 0 amide bonds. The smallest absolute Gasteiger partial charge is 0.250 e. The Morgan fingerprint density at radius 3 is 2.26 bits per heavy atom. The molecule has 0 heterocycles. The summed E-state index contributed by atoms with van der Waals surface area (Å²) in [6.07, 6.45) is 11.3. The molecule has 0 unspecified atom stereocenters. The van der Waals surface area contributed by atoms with E-state index in [-0.39, 0.29) is 5.04 Å². The predicted molar refractivity (Wildman–Crippen MR) is 106 cm³/mol. The van der Waals surface area contributed by atoms with Crippen LogP contribution in [-0.2, 0) is 4.43 Å². The third kappa shape index (κ3) is 6.78. The van der Waals surface area contributed by atoms with E-state index in [4.69, 9.17) is 4.43 Å². The van der Waals surface area contributed by atoms with Crippen LogP contribution < -0.4 is 0 Å². The molecule has 0 aliphatic heterocycles. The van der Waals surface area contributed by atoms with Gasteiger partial charge in [-0.1, -0.05) is 70.2 Å². The van der Waals surface area contributed by atoms with Crippen LogP contribution in [0.3, 0.4) is 0 Å². The first-order chi connectivity index (χ1) is 10.8. The minimum atomic E-state index is -1.81. The summed E-state index contributed by atoms with van der Waals surface area (Å²) in [7, 11) is -1.81. The molecule has 1 rings (SSSR count). The fourth-order valence-corrected chi connectivity index (χ4v) is 3.06. The van der Waals surface area contributed by atoms with Gasteiger partial charge in [0.05, 0.1) is 0 Å². The largest absolute Gasteiger partial charge is 0.543 e. The highest BCUT2D eigenvalue weighted by molar-refractivity contribution is 6.74. The number of unbranched alkanes of at least 4 members (excludes halogenated alkanes) is 2. The Labute approximate surface area is 144 Å². The van der Waals surface area contributed by atoms with Crippen molar-refractivity contribution in [2.75, 3.05) is 0 Å². The Kier molecular flexibility index (Phi) is 7.84. The Morgan fingerprint density at radius 1 is 1.04 bits per heavy atom. The molecule has 0 spiro atoms. The van der Waals surface area contributed by atoms with Gasteiger partial charge in [0.2, 0.25) is 8.32 Å². The minimum absolute atomic E-state index is 0.213. The molecular formula is C21H34OSi. The maximum absolute atomic E-state index is 6.60. The van der Waals surface area contributed by atoms with E-state index in [0.717, 1.165) is 25.0 Å². The molecule has 128 valence electrons. The van der Waals surface area contributed by atoms with E-state index in [2.05, 4.69) is 89.3 Å². The van der Waals surface area contributed by atoms with Gasteiger partial charge >= 0.3 is 0 Å². The molecule has 0 saturated carbocycles. The monoisotopic (exact) mass is 330 g/mol. The fourth-order valence-electron chi connectivity index (χ4n) is 2.00. The average Bonchev–Trinajstić information content (AvgIpc) is 2.49. The molecule has 1 nitrogen and oxygen atoms in total. The van der Waals surface area contributed by atoms with E-state index in [0.29, 0.717) is 0 Å². The van der Waals surface area contributed by atoms with Gasteiger partial charge in [-0.15, -0.1) is 0 Å². The lowest BCUT2D eigenvalue weighted by atomic mass is 10.1. The molecule has 0 saturated heterocycles. The van der Waals surface area contributed by atoms with Crippen LogP contribution in [0.25, 0.3) is 5.76 Å². The zero-order valence-electron chi connectivity index (χ0n) is 15.9. The quantitative estimate of drug-likeness (QED) is 0.212. The fraction of sp³-hybridized carbons (Fsp3) is 0.524. The maximum Gasteiger partial charge on any atom is 0.250 e. The van der Waals surface area contributed by atoms with Crippen LogP contribution >= 0.6 is 0 Å². The molecule has 2 heteroatoms. The molecule has 0 N–H and O–H groups in total. The van der Waals surface area contributed by atoms with Crippen molar-refractivity contribution >= 4 is 14.1 Å². The number of benzene rings is 1. The molecule has 1 aromatic carbocycles. The van der Waals surface area contributed by atoms with Crippen LogP contribution in [-0.4, -0.2) is 8.32 Å². The molecule has 0 radical (unpaired) electrons. The Hall–Kier alpha value is -1.28. The maximum atomic E-state index is 6.60. The molecule has 1 aromatic rings. The molecule has 0 bridgehead atoms. The van der Waals surface area contributed by atoms with Gasteiger partial charge in [-0.25, -0.2) is 0 Å². The summed E-state index contributed by atoms with van der Waals surface area (Å²) in [4.78, 5) is 0. The Balaban J connectivity index is 2.85. The van der Waals surface area contributed by atoms with Crippen molar-refractivity contribution in [2.24, 2.45) is 0 Å². The highest BCUT2D eigenvalue weighted by Gasteiger charge is 2.39. The molecule has 0 aliphatic carbocycles. The first kappa shape index (κ1) is 19.8. The van der Waals surface area contributed by atoms with Gasteiger partial charge in [0.15, 0.2) is 0 Å². The van der Waals surface area contributed by atoms with Crippen molar-refractivity contribution in [2.45, 2.75) is 71.5 Å². The highest BCUT2D eigenvalue weighted by Crippen LogP contribution is 2.39. The molecule has 0 atom stereocenters. The van der Waals surface area contributed by atoms with Gasteiger partial charge in [-0.3, -0.25) is 0 Å².